The van der Waals surface area contributed by atoms with Gasteiger partial charge in [0.05, 0.1) is 0 Å². The topological polar surface area (TPSA) is 85.8 Å². The van der Waals surface area contributed by atoms with E-state index in [2.05, 4.69) is 9.27 Å². The van der Waals surface area contributed by atoms with Crippen LogP contribution in [0.3, 0.4) is 0 Å². The van der Waals surface area contributed by atoms with Crippen LogP contribution in [-0.2, 0) is 19.4 Å². The van der Waals surface area contributed by atoms with E-state index in [4.69, 9.17) is 9.47 Å². The molecule has 2 heterocycles. The van der Waals surface area contributed by atoms with Gasteiger partial charge in [-0.1, -0.05) is 0 Å². The van der Waals surface area contributed by atoms with Gasteiger partial charge in [0.2, 0.25) is 0 Å². The number of likely N-dealkylation sites (N-methyl/N-ethyl adjacent to an activating group) is 1. The Bertz CT molecular complexity index is 1420. The first-order valence-corrected chi connectivity index (χ1v) is 17.2. The van der Waals surface area contributed by atoms with E-state index in [9.17, 15) is 17.6 Å². The van der Waals surface area contributed by atoms with Gasteiger partial charge in [-0.05, 0) is 0 Å². The van der Waals surface area contributed by atoms with Gasteiger partial charge in [-0.2, -0.15) is 0 Å². The second kappa shape index (κ2) is 11.3. The molecule has 1 aliphatic rings. The van der Waals surface area contributed by atoms with Gasteiger partial charge in [-0.3, -0.25) is 0 Å². The Kier molecular flexibility index (Phi) is 8.30. The Morgan fingerprint density at radius 3 is 2.78 bits per heavy atom. The van der Waals surface area contributed by atoms with E-state index in [1.54, 1.807) is 24.4 Å². The SMILES string of the molecule is CCN(CC)CC=Cc1cc(F)ccc1S(=O)(=O)[AsH]c1ccc2c(c1C(=O)OC)OCc1cnsc1-2. The zero-order valence-corrected chi connectivity index (χ0v) is 23.8. The number of benzene rings is 2. The van der Waals surface area contributed by atoms with Crippen LogP contribution in [-0.4, -0.2) is 65.0 Å². The molecule has 4 rings (SSSR count). The Morgan fingerprint density at radius 2 is 2.06 bits per heavy atom. The van der Waals surface area contributed by atoms with Crippen molar-refractivity contribution in [3.8, 4) is 16.2 Å². The molecular formula is C25H26AsFN2O5S2. The van der Waals surface area contributed by atoms with E-state index < -0.39 is 34.5 Å². The molecule has 0 radical (unpaired) electrons. The van der Waals surface area contributed by atoms with E-state index >= 15 is 0 Å². The summed E-state index contributed by atoms with van der Waals surface area (Å²) in [5.74, 6) is -0.866. The Labute approximate surface area is 219 Å². The second-order valence-corrected chi connectivity index (χ2v) is 16.3. The number of halogens is 1. The molecule has 0 spiro atoms. The van der Waals surface area contributed by atoms with Gasteiger partial charge in [0.25, 0.3) is 0 Å². The fourth-order valence-electron chi connectivity index (χ4n) is 3.94. The van der Waals surface area contributed by atoms with E-state index in [1.165, 1.54) is 30.8 Å². The molecule has 1 unspecified atom stereocenters. The number of ether oxygens (including phenoxy) is 2. The van der Waals surface area contributed by atoms with E-state index in [0.29, 0.717) is 22.2 Å². The molecule has 190 valence electrons. The number of esters is 1. The van der Waals surface area contributed by atoms with Crippen LogP contribution in [0.15, 0.2) is 47.5 Å². The van der Waals surface area contributed by atoms with Crippen molar-refractivity contribution >= 4 is 50.6 Å². The van der Waals surface area contributed by atoms with Gasteiger partial charge in [0.1, 0.15) is 0 Å². The summed E-state index contributed by atoms with van der Waals surface area (Å²) in [6, 6.07) is 7.08. The number of methoxy groups -OCH3 is 1. The van der Waals surface area contributed by atoms with Crippen LogP contribution in [0.25, 0.3) is 16.5 Å². The minimum absolute atomic E-state index is 0.0406. The molecule has 1 aromatic heterocycles. The van der Waals surface area contributed by atoms with Crippen LogP contribution in [0.2, 0.25) is 0 Å². The first-order valence-electron chi connectivity index (χ1n) is 11.3. The molecule has 1 atom stereocenters. The maximum absolute atomic E-state index is 14.1. The van der Waals surface area contributed by atoms with Gasteiger partial charge in [-0.25, -0.2) is 0 Å². The first-order chi connectivity index (χ1) is 17.3. The van der Waals surface area contributed by atoms with Crippen LogP contribution in [0, 0.1) is 5.82 Å². The van der Waals surface area contributed by atoms with Crippen molar-refractivity contribution in [2.24, 2.45) is 0 Å². The summed E-state index contributed by atoms with van der Waals surface area (Å²) in [4.78, 5) is 15.9. The number of hydrogen-bond donors (Lipinski definition) is 0. The average Bonchev–Trinajstić information content (AvgIpc) is 3.35. The summed E-state index contributed by atoms with van der Waals surface area (Å²) >= 11 is -0.669. The molecule has 3 aromatic rings. The third-order valence-electron chi connectivity index (χ3n) is 5.87. The number of aromatic nitrogens is 1. The van der Waals surface area contributed by atoms with Crippen molar-refractivity contribution in [1.82, 2.24) is 9.27 Å². The Balaban J connectivity index is 1.73. The molecule has 0 fully saturated rings. The Morgan fingerprint density at radius 1 is 1.28 bits per heavy atom. The summed E-state index contributed by atoms with van der Waals surface area (Å²) in [5, 5.41) is 0. The molecule has 0 saturated heterocycles. The fraction of sp³-hybridized carbons (Fsp3) is 0.280. The number of carbonyl (C=O) groups is 1. The molecule has 1 aliphatic heterocycles. The van der Waals surface area contributed by atoms with Crippen LogP contribution in [0.1, 0.15) is 35.3 Å². The van der Waals surface area contributed by atoms with Crippen LogP contribution < -0.4 is 9.09 Å². The second-order valence-electron chi connectivity index (χ2n) is 8.00. The number of fused-ring (bicyclic) bond motifs is 3. The zero-order valence-electron chi connectivity index (χ0n) is 20.1. The number of hydrogen-bond acceptors (Lipinski definition) is 8. The molecule has 2 aromatic carbocycles. The van der Waals surface area contributed by atoms with Crippen molar-refractivity contribution in [2.45, 2.75) is 25.3 Å². The molecule has 0 amide bonds. The standard InChI is InChI=1S/C25H26AsFN2O5S2/c1-4-29(5-2)12-6-7-16-13-18(27)8-11-21(16)36(31,32)26-20-10-9-19-23(22(20)25(30)33-3)34-15-17-14-28-35-24(17)19/h6-11,13-14,26H,4-5,12,15H2,1-3H3. The number of nitrogens with zero attached hydrogens (tertiary/aromatic N) is 2. The van der Waals surface area contributed by atoms with Crippen molar-refractivity contribution in [2.75, 3.05) is 26.7 Å². The summed E-state index contributed by atoms with van der Waals surface area (Å²) in [6.45, 7) is 6.63. The van der Waals surface area contributed by atoms with Crippen molar-refractivity contribution in [3.63, 3.8) is 0 Å². The summed E-state index contributed by atoms with van der Waals surface area (Å²) in [5.41, 5.74) is 2.01. The van der Waals surface area contributed by atoms with Crippen molar-refractivity contribution < 1.29 is 27.1 Å². The van der Waals surface area contributed by atoms with Gasteiger partial charge in [-0.15, -0.1) is 0 Å². The molecule has 11 heteroatoms. The third-order valence-corrected chi connectivity index (χ3v) is 13.5. The first kappa shape index (κ1) is 26.5. The average molecular weight is 593 g/mol. The maximum atomic E-state index is 14.1. The molecular weight excluding hydrogens is 566 g/mol. The molecule has 0 N–H and O–H groups in total. The predicted octanol–water partition coefficient (Wildman–Crippen LogP) is 3.43. The van der Waals surface area contributed by atoms with E-state index in [-0.39, 0.29) is 22.6 Å². The van der Waals surface area contributed by atoms with Gasteiger partial charge in [0.15, 0.2) is 0 Å². The Hall–Kier alpha value is -2.52. The van der Waals surface area contributed by atoms with Gasteiger partial charge >= 0.3 is 220 Å². The molecule has 36 heavy (non-hydrogen) atoms. The quantitative estimate of drug-likeness (QED) is 0.278. The molecule has 0 aliphatic carbocycles. The normalized spacial score (nSPS) is 13.2. The van der Waals surface area contributed by atoms with E-state index in [0.717, 1.165) is 29.6 Å². The van der Waals surface area contributed by atoms with Crippen molar-refractivity contribution in [3.05, 3.63) is 65.1 Å². The van der Waals surface area contributed by atoms with Crippen molar-refractivity contribution in [1.29, 1.82) is 0 Å². The fourth-order valence-corrected chi connectivity index (χ4v) is 11.4. The van der Waals surface area contributed by atoms with Crippen LogP contribution in [0.5, 0.6) is 5.75 Å². The van der Waals surface area contributed by atoms with Crippen LogP contribution >= 0.6 is 11.5 Å². The molecule has 7 nitrogen and oxygen atoms in total. The van der Waals surface area contributed by atoms with Gasteiger partial charge in [0, 0.05) is 0 Å². The zero-order chi connectivity index (χ0) is 25.9. The van der Waals surface area contributed by atoms with Crippen LogP contribution in [0.4, 0.5) is 4.39 Å². The molecule has 0 bridgehead atoms. The monoisotopic (exact) mass is 592 g/mol. The predicted molar refractivity (Wildman–Crippen MR) is 140 cm³/mol. The minimum atomic E-state index is -3.84. The summed E-state index contributed by atoms with van der Waals surface area (Å²) < 4.78 is 56.8. The number of carbonyl (C=O) groups excluding carboxylic acids is 1. The third kappa shape index (κ3) is 5.42. The molecule has 0 saturated carbocycles. The summed E-state index contributed by atoms with van der Waals surface area (Å²) in [7, 11) is -2.59. The van der Waals surface area contributed by atoms with Gasteiger partial charge < -0.3 is 0 Å². The number of rotatable bonds is 9. The summed E-state index contributed by atoms with van der Waals surface area (Å²) in [6.07, 6.45) is 5.19. The van der Waals surface area contributed by atoms with E-state index in [1.807, 2.05) is 19.9 Å².